The lowest BCUT2D eigenvalue weighted by molar-refractivity contribution is -0.138. The molecule has 15 heteroatoms. The summed E-state index contributed by atoms with van der Waals surface area (Å²) in [6.45, 7) is 1.83. The Hall–Kier alpha value is -3.85. The summed E-state index contributed by atoms with van der Waals surface area (Å²) >= 11 is 0. The molecule has 0 aromatic carbocycles. The van der Waals surface area contributed by atoms with Crippen molar-refractivity contribution in [2.24, 2.45) is 7.05 Å². The Labute approximate surface area is 221 Å². The minimum atomic E-state index is -4.67. The molecule has 2 fully saturated rings. The van der Waals surface area contributed by atoms with Crippen molar-refractivity contribution in [2.45, 2.75) is 24.7 Å². The number of rotatable bonds is 6. The van der Waals surface area contributed by atoms with E-state index < -0.39 is 35.1 Å². The SMILES string of the molecule is COCCOC(=N)c1cc(N2CCC3C(C2)OCCN3C(=O)Nc2cc(C(F)(F)F)cn(C)c2=O)cnc1N. The zero-order valence-corrected chi connectivity index (χ0v) is 21.5. The minimum absolute atomic E-state index is 0.133. The quantitative estimate of drug-likeness (QED) is 0.279. The number of amides is 2. The van der Waals surface area contributed by atoms with E-state index in [-0.39, 0.29) is 37.5 Å². The molecule has 2 amide bonds. The van der Waals surface area contributed by atoms with Crippen LogP contribution < -0.4 is 21.5 Å². The van der Waals surface area contributed by atoms with Gasteiger partial charge in [0.05, 0.1) is 48.4 Å². The van der Waals surface area contributed by atoms with Crippen LogP contribution in [0.2, 0.25) is 0 Å². The lowest BCUT2D eigenvalue weighted by Gasteiger charge is -2.47. The summed E-state index contributed by atoms with van der Waals surface area (Å²) < 4.78 is 56.7. The number of anilines is 3. The van der Waals surface area contributed by atoms with E-state index in [1.54, 1.807) is 12.3 Å². The Morgan fingerprint density at radius 2 is 2.08 bits per heavy atom. The molecule has 2 saturated heterocycles. The highest BCUT2D eigenvalue weighted by atomic mass is 19.4. The van der Waals surface area contributed by atoms with Crippen LogP contribution in [0.4, 0.5) is 35.2 Å². The second kappa shape index (κ2) is 11.5. The molecule has 4 heterocycles. The van der Waals surface area contributed by atoms with Gasteiger partial charge in [0.15, 0.2) is 0 Å². The summed E-state index contributed by atoms with van der Waals surface area (Å²) in [4.78, 5) is 33.2. The predicted octanol–water partition coefficient (Wildman–Crippen LogP) is 1.88. The van der Waals surface area contributed by atoms with Gasteiger partial charge in [-0.05, 0) is 18.6 Å². The highest BCUT2D eigenvalue weighted by molar-refractivity contribution is 5.97. The first-order chi connectivity index (χ1) is 18.5. The summed E-state index contributed by atoms with van der Waals surface area (Å²) in [5.74, 6) is 0.0137. The summed E-state index contributed by atoms with van der Waals surface area (Å²) in [6, 6.07) is 1.31. The van der Waals surface area contributed by atoms with Gasteiger partial charge in [-0.2, -0.15) is 13.2 Å². The number of morpholine rings is 1. The number of carbonyl (C=O) groups excluding carboxylic acids is 1. The molecule has 0 bridgehead atoms. The van der Waals surface area contributed by atoms with Gasteiger partial charge < -0.3 is 39.6 Å². The number of nitrogen functional groups attached to an aromatic ring is 1. The molecule has 2 unspecified atom stereocenters. The van der Waals surface area contributed by atoms with Crippen molar-refractivity contribution in [1.82, 2.24) is 14.5 Å². The van der Waals surface area contributed by atoms with Gasteiger partial charge in [-0.1, -0.05) is 0 Å². The van der Waals surface area contributed by atoms with Crippen molar-refractivity contribution >= 4 is 29.1 Å². The van der Waals surface area contributed by atoms with Crippen LogP contribution in [0.5, 0.6) is 0 Å². The second-order valence-electron chi connectivity index (χ2n) is 9.19. The number of alkyl halides is 3. The van der Waals surface area contributed by atoms with E-state index >= 15 is 0 Å². The third kappa shape index (κ3) is 6.25. The van der Waals surface area contributed by atoms with Gasteiger partial charge in [0.25, 0.3) is 5.56 Å². The molecule has 2 aliphatic rings. The highest BCUT2D eigenvalue weighted by Gasteiger charge is 2.40. The van der Waals surface area contributed by atoms with E-state index in [0.717, 1.165) is 4.57 Å². The number of carbonyl (C=O) groups is 1. The lowest BCUT2D eigenvalue weighted by atomic mass is 9.98. The monoisotopic (exact) mass is 553 g/mol. The standard InChI is InChI=1S/C24H30F3N7O5/c1-32-12-14(24(25,26)27)9-17(22(32)35)31-23(36)34-5-6-38-19-13-33(4-3-18(19)34)15-10-16(20(28)30-11-15)21(29)39-8-7-37-2/h9-12,18-19,29H,3-8,13H2,1-2H3,(H2,28,30)(H,31,36). The molecule has 2 aromatic heterocycles. The number of nitrogens with two attached hydrogens (primary N) is 1. The Morgan fingerprint density at radius 1 is 1.31 bits per heavy atom. The van der Waals surface area contributed by atoms with E-state index in [2.05, 4.69) is 10.3 Å². The van der Waals surface area contributed by atoms with Crippen molar-refractivity contribution in [2.75, 3.05) is 62.5 Å². The van der Waals surface area contributed by atoms with Gasteiger partial charge >= 0.3 is 12.2 Å². The number of pyridine rings is 2. The molecule has 2 aromatic rings. The molecule has 0 radical (unpaired) electrons. The van der Waals surface area contributed by atoms with E-state index in [9.17, 15) is 22.8 Å². The second-order valence-corrected chi connectivity index (χ2v) is 9.19. The van der Waals surface area contributed by atoms with Crippen LogP contribution in [0.15, 0.2) is 29.3 Å². The molecule has 2 atom stereocenters. The van der Waals surface area contributed by atoms with E-state index in [1.807, 2.05) is 4.90 Å². The maximum Gasteiger partial charge on any atom is 0.417 e. The van der Waals surface area contributed by atoms with Crippen molar-refractivity contribution < 1.29 is 32.2 Å². The molecule has 39 heavy (non-hydrogen) atoms. The van der Waals surface area contributed by atoms with Crippen molar-refractivity contribution in [1.29, 1.82) is 5.41 Å². The average molecular weight is 554 g/mol. The molecule has 2 aliphatic heterocycles. The number of aromatic nitrogens is 2. The largest absolute Gasteiger partial charge is 0.475 e. The van der Waals surface area contributed by atoms with E-state index in [1.165, 1.54) is 19.1 Å². The number of ether oxygens (including phenoxy) is 3. The van der Waals surface area contributed by atoms with Crippen LogP contribution in [0.25, 0.3) is 0 Å². The number of aryl methyl sites for hydroxylation is 1. The predicted molar refractivity (Wildman–Crippen MR) is 136 cm³/mol. The van der Waals surface area contributed by atoms with Crippen LogP contribution in [-0.4, -0.2) is 85.1 Å². The molecule has 212 valence electrons. The number of urea groups is 1. The van der Waals surface area contributed by atoms with Crippen LogP contribution in [0.1, 0.15) is 17.5 Å². The molecule has 12 nitrogen and oxygen atoms in total. The van der Waals surface area contributed by atoms with Gasteiger partial charge in [0.2, 0.25) is 5.90 Å². The Kier molecular flexibility index (Phi) is 8.30. The van der Waals surface area contributed by atoms with Gasteiger partial charge in [-0.25, -0.2) is 9.78 Å². The fourth-order valence-corrected chi connectivity index (χ4v) is 4.65. The Morgan fingerprint density at radius 3 is 2.79 bits per heavy atom. The smallest absolute Gasteiger partial charge is 0.417 e. The van der Waals surface area contributed by atoms with Gasteiger partial charge in [-0.3, -0.25) is 10.2 Å². The fraction of sp³-hybridized carbons (Fsp3) is 0.500. The average Bonchev–Trinajstić information content (AvgIpc) is 2.90. The summed E-state index contributed by atoms with van der Waals surface area (Å²) in [5.41, 5.74) is 4.74. The van der Waals surface area contributed by atoms with Crippen LogP contribution >= 0.6 is 0 Å². The molecule has 4 rings (SSSR count). The molecular weight excluding hydrogens is 523 g/mol. The van der Waals surface area contributed by atoms with E-state index in [0.29, 0.717) is 49.6 Å². The molecule has 0 saturated carbocycles. The number of nitrogens with zero attached hydrogens (tertiary/aromatic N) is 4. The minimum Gasteiger partial charge on any atom is -0.475 e. The molecular formula is C24H30F3N7O5. The van der Waals surface area contributed by atoms with Crippen LogP contribution in [-0.2, 0) is 27.4 Å². The van der Waals surface area contributed by atoms with Crippen LogP contribution in [0, 0.1) is 5.41 Å². The first-order valence-corrected chi connectivity index (χ1v) is 12.2. The molecule has 0 spiro atoms. The number of halogens is 3. The highest BCUT2D eigenvalue weighted by Crippen LogP contribution is 2.31. The Balaban J connectivity index is 1.46. The number of methoxy groups -OCH3 is 1. The summed E-state index contributed by atoms with van der Waals surface area (Å²) in [7, 11) is 2.72. The topological polar surface area (TPSA) is 148 Å². The van der Waals surface area contributed by atoms with Crippen molar-refractivity contribution in [3.8, 4) is 0 Å². The Bertz CT molecular complexity index is 1290. The lowest BCUT2D eigenvalue weighted by Crippen LogP contribution is -2.61. The number of fused-ring (bicyclic) bond motifs is 1. The van der Waals surface area contributed by atoms with Gasteiger partial charge in [-0.15, -0.1) is 0 Å². The maximum atomic E-state index is 13.2. The first kappa shape index (κ1) is 28.2. The number of nitrogens with one attached hydrogen (secondary N) is 2. The number of piperidine rings is 1. The third-order valence-electron chi connectivity index (χ3n) is 6.65. The van der Waals surface area contributed by atoms with Crippen LogP contribution in [0.3, 0.4) is 0 Å². The summed E-state index contributed by atoms with van der Waals surface area (Å²) in [6.07, 6.45) is -2.32. The number of hydrogen-bond donors (Lipinski definition) is 3. The normalized spacial score (nSPS) is 19.4. The fourth-order valence-electron chi connectivity index (χ4n) is 4.65. The van der Waals surface area contributed by atoms with Crippen molar-refractivity contribution in [3.63, 3.8) is 0 Å². The number of hydrogen-bond acceptors (Lipinski definition) is 9. The third-order valence-corrected chi connectivity index (χ3v) is 6.65. The van der Waals surface area contributed by atoms with Crippen molar-refractivity contribution in [3.05, 3.63) is 46.0 Å². The molecule has 0 aliphatic carbocycles. The van der Waals surface area contributed by atoms with Gasteiger partial charge in [0.1, 0.15) is 18.1 Å². The maximum absolute atomic E-state index is 13.2. The summed E-state index contributed by atoms with van der Waals surface area (Å²) in [5, 5.41) is 10.5. The first-order valence-electron chi connectivity index (χ1n) is 12.2. The zero-order chi connectivity index (χ0) is 28.3. The van der Waals surface area contributed by atoms with Gasteiger partial charge in [0, 0.05) is 40.0 Å². The zero-order valence-electron chi connectivity index (χ0n) is 21.5. The molecule has 4 N–H and O–H groups in total. The van der Waals surface area contributed by atoms with E-state index in [4.69, 9.17) is 25.4 Å².